The summed E-state index contributed by atoms with van der Waals surface area (Å²) in [5.74, 6) is -8.64. The molecule has 0 fully saturated rings. The molecule has 2 heterocycles. The summed E-state index contributed by atoms with van der Waals surface area (Å²) in [6.07, 6.45) is -6.68. The van der Waals surface area contributed by atoms with E-state index < -0.39 is 66.8 Å². The average Bonchev–Trinajstić information content (AvgIpc) is 3.36. The minimum Gasteiger partial charge on any atom is -0.435 e. The standard InChI is InChI=1S/C26H23F6N7O6/c27-13-8-35-25(36-9-13)38-17-5-12(21(33)41)6-18-16(17)10-37-39(18)20(22(34)42)15(7-19(40)45-23(43)26(30,31)32)11-2-1-3-14(4-11)44-24(28)29/h1-6,10,13,15,20,24H,7-9H2,(H2,33,41)(H2,34,42)(H2,35,36,38)/t15-,20?/m0/s1. The van der Waals surface area contributed by atoms with Crippen LogP contribution in [0.3, 0.4) is 0 Å². The molecule has 2 amide bonds. The van der Waals surface area contributed by atoms with Crippen LogP contribution in [0.25, 0.3) is 10.9 Å². The zero-order valence-corrected chi connectivity index (χ0v) is 22.7. The van der Waals surface area contributed by atoms with Crippen LogP contribution in [0.1, 0.15) is 34.3 Å². The second-order valence-electron chi connectivity index (χ2n) is 9.57. The van der Waals surface area contributed by atoms with Gasteiger partial charge in [0.05, 0.1) is 36.9 Å². The van der Waals surface area contributed by atoms with Gasteiger partial charge in [-0.25, -0.2) is 14.2 Å². The molecule has 1 aromatic heterocycles. The first-order valence-corrected chi connectivity index (χ1v) is 12.8. The number of nitrogens with zero attached hydrogens (tertiary/aromatic N) is 3. The maximum atomic E-state index is 13.5. The first kappa shape index (κ1) is 32.6. The van der Waals surface area contributed by atoms with Gasteiger partial charge in [-0.05, 0) is 29.8 Å². The Morgan fingerprint density at radius 1 is 1.13 bits per heavy atom. The largest absolute Gasteiger partial charge is 0.491 e. The molecule has 2 unspecified atom stereocenters. The zero-order chi connectivity index (χ0) is 33.1. The topological polar surface area (TPSA) is 193 Å². The number of nitrogens with one attached hydrogen (secondary N) is 2. The van der Waals surface area contributed by atoms with Crippen LogP contribution < -0.4 is 26.8 Å². The fraction of sp³-hybridized carbons (Fsp3) is 0.308. The monoisotopic (exact) mass is 643 g/mol. The molecule has 3 atom stereocenters. The third-order valence-electron chi connectivity index (χ3n) is 6.46. The molecule has 6 N–H and O–H groups in total. The van der Waals surface area contributed by atoms with Crippen LogP contribution in [-0.2, 0) is 19.1 Å². The Labute approximate surface area is 248 Å². The summed E-state index contributed by atoms with van der Waals surface area (Å²) in [7, 11) is 0. The number of hydrogen-bond acceptors (Lipinski definition) is 10. The van der Waals surface area contributed by atoms with Gasteiger partial charge in [-0.1, -0.05) is 12.1 Å². The number of esters is 2. The molecule has 0 saturated heterocycles. The number of amides is 2. The van der Waals surface area contributed by atoms with Crippen molar-refractivity contribution in [3.05, 3.63) is 53.7 Å². The van der Waals surface area contributed by atoms with E-state index in [0.29, 0.717) is 0 Å². The number of rotatable bonds is 10. The Hall–Kier alpha value is -5.36. The zero-order valence-electron chi connectivity index (χ0n) is 22.7. The number of hydrogen-bond donors (Lipinski definition) is 4. The van der Waals surface area contributed by atoms with Crippen molar-refractivity contribution in [1.82, 2.24) is 15.1 Å². The fourth-order valence-corrected chi connectivity index (χ4v) is 4.55. The van der Waals surface area contributed by atoms with Crippen molar-refractivity contribution in [3.8, 4) is 5.75 Å². The predicted molar refractivity (Wildman–Crippen MR) is 143 cm³/mol. The third-order valence-corrected chi connectivity index (χ3v) is 6.46. The van der Waals surface area contributed by atoms with Crippen molar-refractivity contribution >= 4 is 46.3 Å². The number of halogens is 6. The highest BCUT2D eigenvalue weighted by atomic mass is 19.4. The number of nitrogens with two attached hydrogens (primary N) is 2. The lowest BCUT2D eigenvalue weighted by Gasteiger charge is -2.26. The number of benzene rings is 2. The van der Waals surface area contributed by atoms with Crippen LogP contribution >= 0.6 is 0 Å². The quantitative estimate of drug-likeness (QED) is 0.146. The molecule has 0 radical (unpaired) electrons. The lowest BCUT2D eigenvalue weighted by molar-refractivity contribution is -0.202. The summed E-state index contributed by atoms with van der Waals surface area (Å²) in [5, 5.41) is 9.94. The van der Waals surface area contributed by atoms with Crippen LogP contribution in [0, 0.1) is 0 Å². The van der Waals surface area contributed by atoms with Gasteiger partial charge in [0.15, 0.2) is 5.96 Å². The first-order valence-electron chi connectivity index (χ1n) is 12.8. The first-order chi connectivity index (χ1) is 21.1. The summed E-state index contributed by atoms with van der Waals surface area (Å²) in [4.78, 5) is 53.1. The van der Waals surface area contributed by atoms with E-state index in [1.54, 1.807) is 0 Å². The highest BCUT2D eigenvalue weighted by Gasteiger charge is 2.43. The Morgan fingerprint density at radius 3 is 2.47 bits per heavy atom. The Morgan fingerprint density at radius 2 is 1.87 bits per heavy atom. The summed E-state index contributed by atoms with van der Waals surface area (Å²) in [6, 6.07) is 5.25. The van der Waals surface area contributed by atoms with E-state index in [1.807, 2.05) is 0 Å². The van der Waals surface area contributed by atoms with Crippen LogP contribution in [0.15, 0.2) is 47.6 Å². The number of carbonyl (C=O) groups is 4. The molecule has 1 aliphatic rings. The van der Waals surface area contributed by atoms with E-state index >= 15 is 0 Å². The van der Waals surface area contributed by atoms with Gasteiger partial charge in [-0.15, -0.1) is 0 Å². The molecule has 45 heavy (non-hydrogen) atoms. The highest BCUT2D eigenvalue weighted by Crippen LogP contribution is 2.37. The SMILES string of the molecule is NC(=O)c1cc(NC2=NCC(F)CN2)c2cnn(C(C(N)=O)[C@@H](CC(=O)OC(=O)C(F)(F)F)c3cccc(OC(F)F)c3)c2c1. The number of ether oxygens (including phenoxy) is 2. The van der Waals surface area contributed by atoms with Crippen LogP contribution in [-0.4, -0.2) is 71.5 Å². The molecule has 13 nitrogen and oxygen atoms in total. The summed E-state index contributed by atoms with van der Waals surface area (Å²) < 4.78 is 86.9. The molecule has 19 heteroatoms. The van der Waals surface area contributed by atoms with E-state index in [9.17, 15) is 45.5 Å². The molecule has 1 aliphatic heterocycles. The van der Waals surface area contributed by atoms with Crippen LogP contribution in [0.2, 0.25) is 0 Å². The van der Waals surface area contributed by atoms with Crippen LogP contribution in [0.4, 0.5) is 32.0 Å². The van der Waals surface area contributed by atoms with E-state index in [0.717, 1.165) is 16.8 Å². The summed E-state index contributed by atoms with van der Waals surface area (Å²) in [5.41, 5.74) is 11.1. The molecule has 4 rings (SSSR count). The number of alkyl halides is 6. The minimum atomic E-state index is -5.53. The normalized spacial score (nSPS) is 16.3. The van der Waals surface area contributed by atoms with E-state index in [1.165, 1.54) is 30.5 Å². The van der Waals surface area contributed by atoms with E-state index in [2.05, 4.69) is 30.2 Å². The van der Waals surface area contributed by atoms with Gasteiger partial charge >= 0.3 is 24.7 Å². The fourth-order valence-electron chi connectivity index (χ4n) is 4.55. The average molecular weight is 644 g/mol. The summed E-state index contributed by atoms with van der Waals surface area (Å²) in [6.45, 7) is -3.52. The van der Waals surface area contributed by atoms with Crippen molar-refractivity contribution in [2.24, 2.45) is 16.5 Å². The lowest BCUT2D eigenvalue weighted by atomic mass is 9.87. The van der Waals surface area contributed by atoms with Crippen molar-refractivity contribution in [3.63, 3.8) is 0 Å². The third kappa shape index (κ3) is 7.78. The van der Waals surface area contributed by atoms with Gasteiger partial charge in [0.25, 0.3) is 0 Å². The lowest BCUT2D eigenvalue weighted by Crippen LogP contribution is -2.41. The Kier molecular flexibility index (Phi) is 9.48. The molecule has 0 aliphatic carbocycles. The van der Waals surface area contributed by atoms with Crippen molar-refractivity contribution in [1.29, 1.82) is 0 Å². The smallest absolute Gasteiger partial charge is 0.435 e. The second kappa shape index (κ2) is 13.1. The van der Waals surface area contributed by atoms with E-state index in [-0.39, 0.29) is 46.8 Å². The van der Waals surface area contributed by atoms with Crippen molar-refractivity contribution in [2.75, 3.05) is 18.4 Å². The summed E-state index contributed by atoms with van der Waals surface area (Å²) >= 11 is 0. The number of aliphatic imine (C=N–C) groups is 1. The number of carbonyl (C=O) groups excluding carboxylic acids is 4. The molecular formula is C26H23F6N7O6. The van der Waals surface area contributed by atoms with Gasteiger partial charge < -0.3 is 31.6 Å². The molecule has 0 saturated carbocycles. The van der Waals surface area contributed by atoms with Crippen molar-refractivity contribution in [2.45, 2.75) is 37.3 Å². The van der Waals surface area contributed by atoms with Crippen LogP contribution in [0.5, 0.6) is 5.75 Å². The molecular weight excluding hydrogens is 620 g/mol. The molecule has 0 spiro atoms. The number of guanidine groups is 1. The van der Waals surface area contributed by atoms with E-state index in [4.69, 9.17) is 11.5 Å². The van der Waals surface area contributed by atoms with Gasteiger partial charge in [0.2, 0.25) is 11.8 Å². The number of fused-ring (bicyclic) bond motifs is 1. The number of aromatic nitrogens is 2. The van der Waals surface area contributed by atoms with Gasteiger partial charge in [0, 0.05) is 16.9 Å². The highest BCUT2D eigenvalue weighted by molar-refractivity contribution is 6.07. The Balaban J connectivity index is 1.84. The number of anilines is 1. The second-order valence-corrected chi connectivity index (χ2v) is 9.57. The number of primary amides is 2. The van der Waals surface area contributed by atoms with Gasteiger partial charge in [-0.2, -0.15) is 27.1 Å². The molecule has 0 bridgehead atoms. The van der Waals surface area contributed by atoms with Gasteiger partial charge in [-0.3, -0.25) is 19.1 Å². The van der Waals surface area contributed by atoms with Crippen molar-refractivity contribution < 1.29 is 55.0 Å². The molecule has 240 valence electrons. The van der Waals surface area contributed by atoms with Gasteiger partial charge in [0.1, 0.15) is 18.0 Å². The Bertz CT molecular complexity index is 1660. The predicted octanol–water partition coefficient (Wildman–Crippen LogP) is 2.28. The minimum absolute atomic E-state index is 0.0119. The molecule has 3 aromatic rings. The maximum absolute atomic E-state index is 13.5. The maximum Gasteiger partial charge on any atom is 0.491 e. The molecule has 2 aromatic carbocycles.